The van der Waals surface area contributed by atoms with Crippen molar-refractivity contribution in [2.45, 2.75) is 25.7 Å². The van der Waals surface area contributed by atoms with Crippen molar-refractivity contribution in [1.82, 2.24) is 14.3 Å². The van der Waals surface area contributed by atoms with Crippen LogP contribution in [0.5, 0.6) is 0 Å². The van der Waals surface area contributed by atoms with Gasteiger partial charge >= 0.3 is 6.18 Å². The zero-order chi connectivity index (χ0) is 23.2. The molecule has 4 heterocycles. The lowest BCUT2D eigenvalue weighted by molar-refractivity contribution is -0.137. The van der Waals surface area contributed by atoms with Crippen LogP contribution in [0.4, 0.5) is 23.2 Å². The Bertz CT molecular complexity index is 1340. The van der Waals surface area contributed by atoms with E-state index >= 15 is 0 Å². The highest BCUT2D eigenvalue weighted by Gasteiger charge is 2.32. The maximum Gasteiger partial charge on any atom is 0.416 e. The van der Waals surface area contributed by atoms with Gasteiger partial charge in [0.05, 0.1) is 23.0 Å². The first-order chi connectivity index (χ1) is 15.8. The van der Waals surface area contributed by atoms with Crippen molar-refractivity contribution in [2.75, 3.05) is 11.9 Å². The fourth-order valence-electron chi connectivity index (χ4n) is 4.06. The fourth-order valence-corrected chi connectivity index (χ4v) is 5.18. The number of nitrogens with one attached hydrogen (secondary N) is 1. The van der Waals surface area contributed by atoms with E-state index < -0.39 is 23.5 Å². The van der Waals surface area contributed by atoms with Gasteiger partial charge in [-0.05, 0) is 42.3 Å². The van der Waals surface area contributed by atoms with Gasteiger partial charge < -0.3 is 9.72 Å². The third kappa shape index (κ3) is 4.36. The van der Waals surface area contributed by atoms with Gasteiger partial charge in [0, 0.05) is 41.8 Å². The molecule has 0 unspecified atom stereocenters. The van der Waals surface area contributed by atoms with Gasteiger partial charge in [-0.25, -0.2) is 9.37 Å². The van der Waals surface area contributed by atoms with Crippen molar-refractivity contribution >= 4 is 28.6 Å². The number of thiophene rings is 1. The summed E-state index contributed by atoms with van der Waals surface area (Å²) in [5.74, 6) is -1.60. The number of fused-ring (bicyclic) bond motifs is 2. The number of anilines is 1. The Labute approximate surface area is 190 Å². The summed E-state index contributed by atoms with van der Waals surface area (Å²) in [4.78, 5) is 20.5. The molecule has 5 nitrogen and oxygen atoms in total. The Morgan fingerprint density at radius 3 is 2.88 bits per heavy atom. The molecule has 0 saturated carbocycles. The molecule has 0 aliphatic carbocycles. The number of aromatic nitrogens is 2. The minimum Gasteiger partial charge on any atom is -0.322 e. The number of carbonyl (C=O) groups is 1. The van der Waals surface area contributed by atoms with E-state index in [1.165, 1.54) is 11.3 Å². The summed E-state index contributed by atoms with van der Waals surface area (Å²) in [6.07, 6.45) is -0.244. The number of amides is 1. The Kier molecular flexibility index (Phi) is 5.41. The molecule has 1 aliphatic heterocycles. The van der Waals surface area contributed by atoms with Crippen LogP contribution in [0, 0.1) is 5.82 Å². The second-order valence-electron chi connectivity index (χ2n) is 7.87. The van der Waals surface area contributed by atoms with E-state index in [0.29, 0.717) is 31.1 Å². The van der Waals surface area contributed by atoms with Crippen molar-refractivity contribution < 1.29 is 22.4 Å². The number of alkyl halides is 3. The van der Waals surface area contributed by atoms with Gasteiger partial charge in [0.2, 0.25) is 0 Å². The van der Waals surface area contributed by atoms with Gasteiger partial charge in [-0.3, -0.25) is 9.69 Å². The molecule has 0 saturated heterocycles. The number of nitrogens with zero attached hydrogens (tertiary/aromatic N) is 3. The molecule has 0 bridgehead atoms. The van der Waals surface area contributed by atoms with Crippen LogP contribution >= 0.6 is 11.3 Å². The Morgan fingerprint density at radius 1 is 1.21 bits per heavy atom. The molecule has 170 valence electrons. The number of hydrogen-bond donors (Lipinski definition) is 1. The molecule has 1 aromatic carbocycles. The predicted molar refractivity (Wildman–Crippen MR) is 117 cm³/mol. The monoisotopic (exact) mass is 474 g/mol. The normalized spacial score (nSPS) is 14.4. The molecular formula is C23H18F4N4OS. The van der Waals surface area contributed by atoms with E-state index in [1.807, 2.05) is 35.0 Å². The van der Waals surface area contributed by atoms with E-state index in [9.17, 15) is 22.4 Å². The quantitative estimate of drug-likeness (QED) is 0.405. The summed E-state index contributed by atoms with van der Waals surface area (Å²) in [7, 11) is 0. The summed E-state index contributed by atoms with van der Waals surface area (Å²) in [5.41, 5.74) is 1.88. The lowest BCUT2D eigenvalue weighted by Crippen LogP contribution is -2.30. The van der Waals surface area contributed by atoms with Crippen LogP contribution in [-0.2, 0) is 25.7 Å². The van der Waals surface area contributed by atoms with E-state index in [1.54, 1.807) is 5.38 Å². The second kappa shape index (κ2) is 8.27. The maximum atomic E-state index is 13.7. The molecular weight excluding hydrogens is 456 g/mol. The van der Waals surface area contributed by atoms with Crippen molar-refractivity contribution in [1.29, 1.82) is 0 Å². The molecule has 4 aromatic rings. The lowest BCUT2D eigenvalue weighted by atomic mass is 10.0. The van der Waals surface area contributed by atoms with E-state index in [4.69, 9.17) is 0 Å². The Hall–Kier alpha value is -3.24. The van der Waals surface area contributed by atoms with Gasteiger partial charge in [0.25, 0.3) is 5.91 Å². The molecule has 1 amide bonds. The van der Waals surface area contributed by atoms with Crippen molar-refractivity contribution in [3.05, 3.63) is 87.3 Å². The number of rotatable bonds is 4. The smallest absolute Gasteiger partial charge is 0.322 e. The number of carbonyl (C=O) groups excluding carboxylic acids is 1. The van der Waals surface area contributed by atoms with Crippen molar-refractivity contribution in [2.24, 2.45) is 0 Å². The van der Waals surface area contributed by atoms with Gasteiger partial charge in [0.1, 0.15) is 11.5 Å². The molecule has 0 radical (unpaired) electrons. The Balaban J connectivity index is 1.31. The molecule has 1 N–H and O–H groups in total. The van der Waals surface area contributed by atoms with Crippen LogP contribution in [0.1, 0.15) is 32.1 Å². The maximum absolute atomic E-state index is 13.7. The van der Waals surface area contributed by atoms with E-state index in [-0.39, 0.29) is 5.69 Å². The van der Waals surface area contributed by atoms with E-state index in [2.05, 4.69) is 15.2 Å². The first kappa shape index (κ1) is 21.6. The summed E-state index contributed by atoms with van der Waals surface area (Å²) in [5, 5.41) is 4.13. The predicted octanol–water partition coefficient (Wildman–Crippen LogP) is 5.36. The summed E-state index contributed by atoms with van der Waals surface area (Å²) < 4.78 is 54.6. The topological polar surface area (TPSA) is 49.6 Å². The summed E-state index contributed by atoms with van der Waals surface area (Å²) >= 11 is 1.44. The second-order valence-corrected chi connectivity index (χ2v) is 8.83. The highest BCUT2D eigenvalue weighted by molar-refractivity contribution is 7.10. The number of benzene rings is 1. The first-order valence-corrected chi connectivity index (χ1v) is 11.1. The summed E-state index contributed by atoms with van der Waals surface area (Å²) in [6, 6.07) is 7.85. The van der Waals surface area contributed by atoms with Crippen LogP contribution in [0.15, 0.2) is 54.2 Å². The van der Waals surface area contributed by atoms with Crippen LogP contribution in [0.3, 0.4) is 0 Å². The molecule has 1 aliphatic rings. The average Bonchev–Trinajstić information content (AvgIpc) is 3.37. The van der Waals surface area contributed by atoms with E-state index in [0.717, 1.165) is 40.5 Å². The third-order valence-corrected chi connectivity index (χ3v) is 6.65. The molecule has 0 spiro atoms. The van der Waals surface area contributed by atoms with Crippen LogP contribution in [0.25, 0.3) is 5.65 Å². The number of halogens is 4. The standard InChI is InChI=1S/C23H18F4N4OS/c24-15-7-14(23(25,26)27)8-16(9-15)29-22(32)19-13-33-20-12-30(6-4-18(19)20)11-17-10-28-21-3-1-2-5-31(17)21/h1-3,5,7-10,13H,4,6,11-12H2,(H,29,32). The fraction of sp³-hybridized carbons (Fsp3) is 0.217. The van der Waals surface area contributed by atoms with Gasteiger partial charge in [0.15, 0.2) is 0 Å². The molecule has 5 rings (SSSR count). The number of hydrogen-bond acceptors (Lipinski definition) is 4. The van der Waals surface area contributed by atoms with Gasteiger partial charge in [-0.15, -0.1) is 11.3 Å². The Morgan fingerprint density at radius 2 is 2.06 bits per heavy atom. The van der Waals surface area contributed by atoms with Crippen molar-refractivity contribution in [3.8, 4) is 0 Å². The zero-order valence-corrected chi connectivity index (χ0v) is 18.0. The van der Waals surface area contributed by atoms with Gasteiger partial charge in [-0.2, -0.15) is 13.2 Å². The molecule has 33 heavy (non-hydrogen) atoms. The number of imidazole rings is 1. The minimum absolute atomic E-state index is 0.225. The molecule has 0 atom stereocenters. The SMILES string of the molecule is O=C(Nc1cc(F)cc(C(F)(F)F)c1)c1csc2c1CCN(Cc1cnc3ccccn13)C2. The third-order valence-electron chi connectivity index (χ3n) is 5.63. The first-order valence-electron chi connectivity index (χ1n) is 10.2. The lowest BCUT2D eigenvalue weighted by Gasteiger charge is -2.27. The van der Waals surface area contributed by atoms with Crippen LogP contribution in [0.2, 0.25) is 0 Å². The van der Waals surface area contributed by atoms with Crippen molar-refractivity contribution in [3.63, 3.8) is 0 Å². The molecule has 10 heteroatoms. The van der Waals surface area contributed by atoms with Gasteiger partial charge in [-0.1, -0.05) is 6.07 Å². The highest BCUT2D eigenvalue weighted by Crippen LogP contribution is 2.33. The average molecular weight is 474 g/mol. The summed E-state index contributed by atoms with van der Waals surface area (Å²) in [6.45, 7) is 2.08. The largest absolute Gasteiger partial charge is 0.416 e. The zero-order valence-electron chi connectivity index (χ0n) is 17.2. The van der Waals surface area contributed by atoms with Crippen LogP contribution < -0.4 is 5.32 Å². The minimum atomic E-state index is -4.70. The molecule has 0 fully saturated rings. The number of pyridine rings is 1. The van der Waals surface area contributed by atoms with Crippen LogP contribution in [-0.4, -0.2) is 26.7 Å². The highest BCUT2D eigenvalue weighted by atomic mass is 32.1. The molecule has 3 aromatic heterocycles.